The molecule has 2 aromatic carbocycles. The Labute approximate surface area is 154 Å². The number of rotatable bonds is 3. The number of hydrogen-bond donors (Lipinski definition) is 1. The number of methoxy groups -OCH3 is 2. The summed E-state index contributed by atoms with van der Waals surface area (Å²) in [5.74, 6) is 0.469. The van der Waals surface area contributed by atoms with Crippen LogP contribution in [-0.4, -0.2) is 31.7 Å². The van der Waals surface area contributed by atoms with Crippen LogP contribution in [0, 0.1) is 0 Å². The van der Waals surface area contributed by atoms with Gasteiger partial charge in [-0.3, -0.25) is 4.79 Å². The Hall–Kier alpha value is -2.37. The zero-order chi connectivity index (χ0) is 18.1. The average Bonchev–Trinajstić information content (AvgIpc) is 2.59. The van der Waals surface area contributed by atoms with Crippen LogP contribution >= 0.6 is 23.2 Å². The quantitative estimate of drug-likeness (QED) is 0.800. The van der Waals surface area contributed by atoms with E-state index in [0.29, 0.717) is 32.5 Å². The molecule has 0 atom stereocenters. The van der Waals surface area contributed by atoms with Crippen molar-refractivity contribution >= 4 is 35.1 Å². The fourth-order valence-corrected chi connectivity index (χ4v) is 3.12. The van der Waals surface area contributed by atoms with Crippen LogP contribution in [0.15, 0.2) is 29.8 Å². The lowest BCUT2D eigenvalue weighted by atomic mass is 9.98. The fourth-order valence-electron chi connectivity index (χ4n) is 2.57. The maximum Gasteiger partial charge on any atom is 0.200 e. The Morgan fingerprint density at radius 3 is 2.36 bits per heavy atom. The number of carbonyl (C=O) groups excluding carboxylic acids is 1. The first-order chi connectivity index (χ1) is 11.9. The van der Waals surface area contributed by atoms with Gasteiger partial charge in [-0.05, 0) is 35.9 Å². The van der Waals surface area contributed by atoms with E-state index in [1.54, 1.807) is 18.2 Å². The van der Waals surface area contributed by atoms with Crippen LogP contribution in [0.4, 0.5) is 0 Å². The number of phenolic OH excluding ortho intramolecular Hbond substituents is 1. The van der Waals surface area contributed by atoms with Crippen molar-refractivity contribution in [1.82, 2.24) is 0 Å². The SMILES string of the molecule is COc1cc(C=C2COc3c(Cl)cc(Cl)cc3C2=O)cc(OC)c1O. The van der Waals surface area contributed by atoms with Gasteiger partial charge >= 0.3 is 0 Å². The lowest BCUT2D eigenvalue weighted by molar-refractivity contribution is 0.100. The second-order valence-electron chi connectivity index (χ2n) is 5.33. The monoisotopic (exact) mass is 380 g/mol. The summed E-state index contributed by atoms with van der Waals surface area (Å²) in [4.78, 5) is 12.7. The zero-order valence-corrected chi connectivity index (χ0v) is 14.9. The van der Waals surface area contributed by atoms with Crippen LogP contribution in [0.3, 0.4) is 0 Å². The third-order valence-electron chi connectivity index (χ3n) is 3.76. The highest BCUT2D eigenvalue weighted by atomic mass is 35.5. The van der Waals surface area contributed by atoms with Crippen LogP contribution < -0.4 is 14.2 Å². The molecule has 0 fully saturated rings. The Morgan fingerprint density at radius 1 is 1.12 bits per heavy atom. The molecule has 0 saturated heterocycles. The van der Waals surface area contributed by atoms with Gasteiger partial charge in [0, 0.05) is 10.6 Å². The van der Waals surface area contributed by atoms with Gasteiger partial charge in [0.15, 0.2) is 17.3 Å². The standard InChI is InChI=1S/C18H14Cl2O5/c1-23-14-4-9(5-15(24-2)17(14)22)3-10-8-25-18-12(16(10)21)6-11(19)7-13(18)20/h3-7,22H,8H2,1-2H3. The zero-order valence-electron chi connectivity index (χ0n) is 13.4. The second-order valence-corrected chi connectivity index (χ2v) is 6.17. The van der Waals surface area contributed by atoms with E-state index in [9.17, 15) is 9.90 Å². The topological polar surface area (TPSA) is 65.0 Å². The molecule has 0 bridgehead atoms. The smallest absolute Gasteiger partial charge is 0.200 e. The lowest BCUT2D eigenvalue weighted by Crippen LogP contribution is -2.19. The Bertz CT molecular complexity index is 864. The highest BCUT2D eigenvalue weighted by Crippen LogP contribution is 2.39. The molecular weight excluding hydrogens is 367 g/mol. The van der Waals surface area contributed by atoms with Crippen LogP contribution in [0.5, 0.6) is 23.0 Å². The summed E-state index contributed by atoms with van der Waals surface area (Å²) in [5.41, 5.74) is 1.35. The molecule has 1 aliphatic rings. The normalized spacial score (nSPS) is 14.9. The maximum atomic E-state index is 12.7. The largest absolute Gasteiger partial charge is 0.502 e. The molecule has 0 spiro atoms. The van der Waals surface area contributed by atoms with E-state index in [4.69, 9.17) is 37.4 Å². The summed E-state index contributed by atoms with van der Waals surface area (Å²) in [7, 11) is 2.86. The van der Waals surface area contributed by atoms with Gasteiger partial charge in [-0.2, -0.15) is 0 Å². The van der Waals surface area contributed by atoms with Crippen LogP contribution in [-0.2, 0) is 0 Å². The average molecular weight is 381 g/mol. The van der Waals surface area contributed by atoms with E-state index in [0.717, 1.165) is 0 Å². The van der Waals surface area contributed by atoms with Crippen molar-refractivity contribution < 1.29 is 24.1 Å². The first kappa shape index (κ1) is 17.5. The van der Waals surface area contributed by atoms with E-state index in [1.165, 1.54) is 26.4 Å². The summed E-state index contributed by atoms with van der Waals surface area (Å²) < 4.78 is 15.9. The van der Waals surface area contributed by atoms with Gasteiger partial charge < -0.3 is 19.3 Å². The van der Waals surface area contributed by atoms with Gasteiger partial charge in [0.05, 0.1) is 24.8 Å². The number of hydrogen-bond acceptors (Lipinski definition) is 5. The Kier molecular flexibility index (Phi) is 4.79. The molecule has 3 rings (SSSR count). The van der Waals surface area contributed by atoms with Crippen LogP contribution in [0.1, 0.15) is 15.9 Å². The highest BCUT2D eigenvalue weighted by molar-refractivity contribution is 6.37. The minimum atomic E-state index is -0.225. The van der Waals surface area contributed by atoms with Gasteiger partial charge in [-0.15, -0.1) is 0 Å². The Balaban J connectivity index is 2.04. The van der Waals surface area contributed by atoms with E-state index in [1.807, 2.05) is 0 Å². The van der Waals surface area contributed by atoms with E-state index in [-0.39, 0.29) is 29.6 Å². The number of Topliss-reactive ketones (excluding diaryl/α,β-unsaturated/α-hetero) is 1. The molecule has 25 heavy (non-hydrogen) atoms. The highest BCUT2D eigenvalue weighted by Gasteiger charge is 2.26. The predicted molar refractivity (Wildman–Crippen MR) is 95.5 cm³/mol. The van der Waals surface area contributed by atoms with Crippen molar-refractivity contribution in [2.24, 2.45) is 0 Å². The molecule has 0 aromatic heterocycles. The first-order valence-electron chi connectivity index (χ1n) is 7.26. The number of aromatic hydroxyl groups is 1. The van der Waals surface area contributed by atoms with Crippen molar-refractivity contribution in [3.05, 3.63) is 51.0 Å². The van der Waals surface area contributed by atoms with Crippen molar-refractivity contribution in [2.45, 2.75) is 0 Å². The van der Waals surface area contributed by atoms with Crippen molar-refractivity contribution in [2.75, 3.05) is 20.8 Å². The fraction of sp³-hybridized carbons (Fsp3) is 0.167. The number of halogens is 2. The molecule has 1 aliphatic heterocycles. The second kappa shape index (κ2) is 6.86. The molecule has 2 aromatic rings. The molecule has 7 heteroatoms. The third kappa shape index (κ3) is 3.25. The number of phenols is 1. The van der Waals surface area contributed by atoms with Gasteiger partial charge in [0.1, 0.15) is 12.4 Å². The number of ether oxygens (including phenoxy) is 3. The summed E-state index contributed by atoms with van der Waals surface area (Å²) in [5, 5.41) is 10.6. The van der Waals surface area contributed by atoms with Crippen LogP contribution in [0.25, 0.3) is 6.08 Å². The molecule has 0 aliphatic carbocycles. The van der Waals surface area contributed by atoms with Crippen molar-refractivity contribution in [3.8, 4) is 23.0 Å². The van der Waals surface area contributed by atoms with Crippen molar-refractivity contribution in [1.29, 1.82) is 0 Å². The van der Waals surface area contributed by atoms with E-state index >= 15 is 0 Å². The van der Waals surface area contributed by atoms with Gasteiger partial charge in [-0.1, -0.05) is 23.2 Å². The Morgan fingerprint density at radius 2 is 1.76 bits per heavy atom. The van der Waals surface area contributed by atoms with Gasteiger partial charge in [0.25, 0.3) is 0 Å². The van der Waals surface area contributed by atoms with Gasteiger partial charge in [0.2, 0.25) is 5.75 Å². The van der Waals surface area contributed by atoms with Crippen LogP contribution in [0.2, 0.25) is 10.0 Å². The summed E-state index contributed by atoms with van der Waals surface area (Å²) in [6, 6.07) is 6.24. The van der Waals surface area contributed by atoms with E-state index in [2.05, 4.69) is 0 Å². The molecule has 1 heterocycles. The molecule has 0 radical (unpaired) electrons. The minimum Gasteiger partial charge on any atom is -0.502 e. The third-order valence-corrected chi connectivity index (χ3v) is 4.26. The number of carbonyl (C=O) groups is 1. The summed E-state index contributed by atoms with van der Waals surface area (Å²) >= 11 is 12.1. The predicted octanol–water partition coefficient (Wildman–Crippen LogP) is 4.37. The molecule has 5 nitrogen and oxygen atoms in total. The number of benzene rings is 2. The maximum absolute atomic E-state index is 12.7. The minimum absolute atomic E-state index is 0.0681. The van der Waals surface area contributed by atoms with Crippen molar-refractivity contribution in [3.63, 3.8) is 0 Å². The van der Waals surface area contributed by atoms with E-state index < -0.39 is 0 Å². The number of fused-ring (bicyclic) bond motifs is 1. The molecule has 1 N–H and O–H groups in total. The summed E-state index contributed by atoms with van der Waals surface area (Å²) in [6.07, 6.45) is 1.64. The number of ketones is 1. The molecular formula is C18H14Cl2O5. The summed E-state index contributed by atoms with van der Waals surface area (Å²) in [6.45, 7) is 0.0681. The molecule has 0 amide bonds. The van der Waals surface area contributed by atoms with Gasteiger partial charge in [-0.25, -0.2) is 0 Å². The lowest BCUT2D eigenvalue weighted by Gasteiger charge is -2.20. The molecule has 0 unspecified atom stereocenters. The first-order valence-corrected chi connectivity index (χ1v) is 8.02. The molecule has 0 saturated carbocycles. The molecule has 130 valence electrons.